The van der Waals surface area contributed by atoms with E-state index in [-0.39, 0.29) is 24.7 Å². The van der Waals surface area contributed by atoms with Gasteiger partial charge in [-0.25, -0.2) is 13.8 Å². The summed E-state index contributed by atoms with van der Waals surface area (Å²) < 4.78 is 27.6. The molecule has 1 heterocycles. The van der Waals surface area contributed by atoms with Crippen molar-refractivity contribution in [3.8, 4) is 0 Å². The maximum absolute atomic E-state index is 14.1. The van der Waals surface area contributed by atoms with Gasteiger partial charge in [0.1, 0.15) is 5.82 Å². The van der Waals surface area contributed by atoms with Gasteiger partial charge in [-0.15, -0.1) is 0 Å². The van der Waals surface area contributed by atoms with Gasteiger partial charge in [-0.05, 0) is 50.1 Å². The molecule has 0 spiro atoms. The lowest BCUT2D eigenvalue weighted by molar-refractivity contribution is 0.331. The smallest absolute Gasteiger partial charge is 0.208 e. The van der Waals surface area contributed by atoms with Gasteiger partial charge in [0.25, 0.3) is 0 Å². The molecule has 0 amide bonds. The first kappa shape index (κ1) is 21.4. The normalized spacial score (nSPS) is 17.3. The van der Waals surface area contributed by atoms with E-state index in [1.165, 1.54) is 18.3 Å². The number of aliphatic hydroxyl groups excluding tert-OH is 1. The molecule has 7 heteroatoms. The Balaban J connectivity index is 2.46. The summed E-state index contributed by atoms with van der Waals surface area (Å²) in [5, 5.41) is 15.4. The van der Waals surface area contributed by atoms with E-state index in [4.69, 9.17) is 0 Å². The van der Waals surface area contributed by atoms with Crippen molar-refractivity contribution in [3.05, 3.63) is 83.0 Å². The van der Waals surface area contributed by atoms with Crippen molar-refractivity contribution >= 4 is 5.96 Å². The Bertz CT molecular complexity index is 856. The molecule has 0 saturated carbocycles. The molecule has 28 heavy (non-hydrogen) atoms. The van der Waals surface area contributed by atoms with Gasteiger partial charge in [0.2, 0.25) is 5.96 Å². The highest BCUT2D eigenvalue weighted by atomic mass is 19.1. The monoisotopic (exact) mass is 388 g/mol. The van der Waals surface area contributed by atoms with E-state index in [0.29, 0.717) is 23.8 Å². The minimum atomic E-state index is -0.522. The molecule has 150 valence electrons. The summed E-state index contributed by atoms with van der Waals surface area (Å²) in [5.41, 5.74) is 2.88. The average Bonchev–Trinajstić information content (AvgIpc) is 2.65. The molecule has 5 nitrogen and oxygen atoms in total. The zero-order valence-electron chi connectivity index (χ0n) is 16.4. The molecular formula is C21H26F2N4O. The second-order valence-corrected chi connectivity index (χ2v) is 6.46. The second-order valence-electron chi connectivity index (χ2n) is 6.46. The zero-order valence-corrected chi connectivity index (χ0v) is 16.4. The molecule has 0 unspecified atom stereocenters. The van der Waals surface area contributed by atoms with Crippen LogP contribution in [0, 0.1) is 5.82 Å². The van der Waals surface area contributed by atoms with Crippen LogP contribution in [0.25, 0.3) is 0 Å². The zero-order chi connectivity index (χ0) is 20.7. The van der Waals surface area contributed by atoms with Gasteiger partial charge in [0, 0.05) is 18.4 Å². The van der Waals surface area contributed by atoms with Crippen LogP contribution < -0.4 is 10.6 Å². The highest BCUT2D eigenvalue weighted by Crippen LogP contribution is 2.19. The average molecular weight is 388 g/mol. The number of rotatable bonds is 7. The first-order valence-electron chi connectivity index (χ1n) is 9.00. The molecule has 2 rings (SSSR count). The minimum absolute atomic E-state index is 0.0950. The van der Waals surface area contributed by atoms with E-state index in [2.05, 4.69) is 22.2 Å². The molecule has 3 N–H and O–H groups in total. The van der Waals surface area contributed by atoms with Gasteiger partial charge in [0.15, 0.2) is 5.83 Å². The van der Waals surface area contributed by atoms with Crippen LogP contribution in [0.2, 0.25) is 0 Å². The number of guanidine groups is 1. The lowest BCUT2D eigenvalue weighted by atomic mass is 10.2. The largest absolute Gasteiger partial charge is 0.392 e. The summed E-state index contributed by atoms with van der Waals surface area (Å²) in [7, 11) is 0. The molecule has 0 atom stereocenters. The van der Waals surface area contributed by atoms with E-state index < -0.39 is 5.83 Å². The van der Waals surface area contributed by atoms with Crippen molar-refractivity contribution in [2.45, 2.75) is 27.3 Å². The Morgan fingerprint density at radius 2 is 2.11 bits per heavy atom. The summed E-state index contributed by atoms with van der Waals surface area (Å²) in [4.78, 5) is 6.18. The second kappa shape index (κ2) is 9.85. The predicted molar refractivity (Wildman–Crippen MR) is 108 cm³/mol. The van der Waals surface area contributed by atoms with Crippen molar-refractivity contribution in [2.75, 3.05) is 13.2 Å². The number of aliphatic imine (C=N–C) groups is 1. The lowest BCUT2D eigenvalue weighted by Crippen LogP contribution is -2.41. The maximum Gasteiger partial charge on any atom is 0.208 e. The number of benzene rings is 1. The highest BCUT2D eigenvalue weighted by molar-refractivity contribution is 5.86. The molecule has 1 aliphatic rings. The van der Waals surface area contributed by atoms with Crippen molar-refractivity contribution in [1.29, 1.82) is 0 Å². The van der Waals surface area contributed by atoms with Crippen LogP contribution in [0.15, 0.2) is 76.6 Å². The van der Waals surface area contributed by atoms with E-state index in [0.717, 1.165) is 11.3 Å². The third-order valence-corrected chi connectivity index (χ3v) is 4.02. The van der Waals surface area contributed by atoms with Crippen LogP contribution in [0.4, 0.5) is 8.78 Å². The van der Waals surface area contributed by atoms with Gasteiger partial charge in [-0.1, -0.05) is 18.7 Å². The lowest BCUT2D eigenvalue weighted by Gasteiger charge is -2.28. The standard InChI is InChI=1S/C21H26F2N4O/c1-5-24-16(4)20(9-14(2)13-28)26-21-25-15(3)19(23)12-27(21)11-17-7-6-8-18(22)10-17/h6-10,12,24,28H,3,5,11,13H2,1-2,4H3,(H,25,26)/b14-9-,20-16+. The highest BCUT2D eigenvalue weighted by Gasteiger charge is 2.20. The van der Waals surface area contributed by atoms with Crippen molar-refractivity contribution in [3.63, 3.8) is 0 Å². The fourth-order valence-corrected chi connectivity index (χ4v) is 2.56. The maximum atomic E-state index is 14.1. The third kappa shape index (κ3) is 5.79. The van der Waals surface area contributed by atoms with Crippen LogP contribution in [-0.4, -0.2) is 29.1 Å². The first-order valence-corrected chi connectivity index (χ1v) is 9.00. The van der Waals surface area contributed by atoms with Gasteiger partial charge in [0.05, 0.1) is 24.5 Å². The molecule has 0 saturated heterocycles. The van der Waals surface area contributed by atoms with Crippen LogP contribution in [0.5, 0.6) is 0 Å². The van der Waals surface area contributed by atoms with Crippen LogP contribution >= 0.6 is 0 Å². The third-order valence-electron chi connectivity index (χ3n) is 4.02. The van der Waals surface area contributed by atoms with Gasteiger partial charge in [-0.2, -0.15) is 0 Å². The minimum Gasteiger partial charge on any atom is -0.392 e. The molecule has 1 aromatic carbocycles. The number of aliphatic hydroxyl groups is 1. The molecule has 0 radical (unpaired) electrons. The molecule has 0 aromatic heterocycles. The Morgan fingerprint density at radius 3 is 2.75 bits per heavy atom. The molecule has 1 aromatic rings. The van der Waals surface area contributed by atoms with Crippen LogP contribution in [0.1, 0.15) is 26.3 Å². The number of nitrogens with one attached hydrogen (secondary N) is 2. The summed E-state index contributed by atoms with van der Waals surface area (Å²) in [6.07, 6.45) is 3.04. The van der Waals surface area contributed by atoms with E-state index in [1.54, 1.807) is 30.0 Å². The van der Waals surface area contributed by atoms with E-state index in [1.807, 2.05) is 13.8 Å². The van der Waals surface area contributed by atoms with E-state index in [9.17, 15) is 13.9 Å². The number of hydrogen-bond acceptors (Lipinski definition) is 3. The fourth-order valence-electron chi connectivity index (χ4n) is 2.56. The van der Waals surface area contributed by atoms with Crippen molar-refractivity contribution in [1.82, 2.24) is 15.5 Å². The van der Waals surface area contributed by atoms with Gasteiger partial charge < -0.3 is 20.6 Å². The van der Waals surface area contributed by atoms with Crippen LogP contribution in [-0.2, 0) is 6.54 Å². The van der Waals surface area contributed by atoms with Crippen molar-refractivity contribution in [2.24, 2.45) is 4.99 Å². The summed E-state index contributed by atoms with van der Waals surface area (Å²) in [5.74, 6) is -0.531. The van der Waals surface area contributed by atoms with Gasteiger partial charge >= 0.3 is 0 Å². The number of allylic oxidation sites excluding steroid dienone is 3. The van der Waals surface area contributed by atoms with Gasteiger partial charge in [-0.3, -0.25) is 0 Å². The first-order chi connectivity index (χ1) is 13.3. The predicted octanol–water partition coefficient (Wildman–Crippen LogP) is 3.69. The number of nitrogens with zero attached hydrogens (tertiary/aromatic N) is 2. The molecular weight excluding hydrogens is 362 g/mol. The Morgan fingerprint density at radius 1 is 1.36 bits per heavy atom. The van der Waals surface area contributed by atoms with Crippen molar-refractivity contribution < 1.29 is 13.9 Å². The van der Waals surface area contributed by atoms with E-state index >= 15 is 0 Å². The topological polar surface area (TPSA) is 59.9 Å². The summed E-state index contributed by atoms with van der Waals surface area (Å²) in [6.45, 7) is 10.1. The summed E-state index contributed by atoms with van der Waals surface area (Å²) in [6, 6.07) is 6.11. The molecule has 1 aliphatic heterocycles. The SMILES string of the molecule is C=C1NC(=NC(/C=C(/C)CO)=C(\C)NCC)N(Cc2cccc(F)c2)C=C1F. The Hall–Kier alpha value is -2.93. The molecule has 0 fully saturated rings. The Labute approximate surface area is 164 Å². The van der Waals surface area contributed by atoms with Crippen LogP contribution in [0.3, 0.4) is 0 Å². The quantitative estimate of drug-likeness (QED) is 0.624. The Kier molecular flexibility index (Phi) is 7.52. The molecule has 0 bridgehead atoms. The number of hydrogen-bond donors (Lipinski definition) is 3. The summed E-state index contributed by atoms with van der Waals surface area (Å²) >= 11 is 0. The number of halogens is 2. The fraction of sp³-hybridized carbons (Fsp3) is 0.286. The molecule has 0 aliphatic carbocycles.